The van der Waals surface area contributed by atoms with Crippen LogP contribution in [0.15, 0.2) is 46.9 Å². The first-order valence-electron chi connectivity index (χ1n) is 6.29. The van der Waals surface area contributed by atoms with Crippen molar-refractivity contribution in [3.63, 3.8) is 0 Å². The number of carbonyl (C=O) groups is 1. The molecule has 0 saturated carbocycles. The summed E-state index contributed by atoms with van der Waals surface area (Å²) in [4.78, 5) is 12.3. The van der Waals surface area contributed by atoms with Gasteiger partial charge < -0.3 is 9.73 Å². The number of anilines is 1. The lowest BCUT2D eigenvalue weighted by Gasteiger charge is -2.07. The second-order valence-corrected chi connectivity index (χ2v) is 5.58. The Morgan fingerprint density at radius 2 is 1.76 bits per heavy atom. The number of nitrogens with one attached hydrogen (secondary N) is 1. The van der Waals surface area contributed by atoms with E-state index >= 15 is 0 Å². The highest BCUT2D eigenvalue weighted by Gasteiger charge is 2.14. The number of fused-ring (bicyclic) bond motifs is 1. The smallest absolute Gasteiger partial charge is 0.291 e. The molecule has 2 aromatic carbocycles. The molecule has 0 saturated heterocycles. The molecule has 21 heavy (non-hydrogen) atoms. The Balaban J connectivity index is 1.91. The van der Waals surface area contributed by atoms with Crippen molar-refractivity contribution in [2.75, 3.05) is 5.32 Å². The van der Waals surface area contributed by atoms with Gasteiger partial charge in [0.2, 0.25) is 0 Å². The summed E-state index contributed by atoms with van der Waals surface area (Å²) in [6.07, 6.45) is 0. The van der Waals surface area contributed by atoms with Gasteiger partial charge >= 0.3 is 0 Å². The zero-order valence-corrected chi connectivity index (χ0v) is 12.6. The van der Waals surface area contributed by atoms with E-state index in [0.29, 0.717) is 21.3 Å². The average Bonchev–Trinajstić information content (AvgIpc) is 2.86. The molecule has 1 aromatic heterocycles. The van der Waals surface area contributed by atoms with Crippen LogP contribution in [0.3, 0.4) is 0 Å². The number of rotatable bonds is 2. The number of hydrogen-bond donors (Lipinski definition) is 1. The molecule has 1 heterocycles. The molecule has 0 bridgehead atoms. The summed E-state index contributed by atoms with van der Waals surface area (Å²) in [6.45, 7) is 1.89. The van der Waals surface area contributed by atoms with E-state index in [1.165, 1.54) is 0 Å². The molecule has 0 atom stereocenters. The number of benzene rings is 2. The Kier molecular flexibility index (Phi) is 3.62. The molecule has 106 valence electrons. The van der Waals surface area contributed by atoms with Crippen LogP contribution in [0.4, 0.5) is 5.69 Å². The van der Waals surface area contributed by atoms with Crippen LogP contribution in [0.5, 0.6) is 0 Å². The Morgan fingerprint density at radius 1 is 1.05 bits per heavy atom. The van der Waals surface area contributed by atoms with Crippen LogP contribution in [-0.2, 0) is 0 Å². The van der Waals surface area contributed by atoms with Gasteiger partial charge in [-0.1, -0.05) is 29.3 Å². The number of aryl methyl sites for hydroxylation is 1. The molecule has 0 spiro atoms. The average molecular weight is 320 g/mol. The Labute approximate surface area is 131 Å². The molecule has 0 radical (unpaired) electrons. The normalized spacial score (nSPS) is 10.8. The molecule has 0 aliphatic carbocycles. The zero-order chi connectivity index (χ0) is 15.0. The molecule has 3 rings (SSSR count). The topological polar surface area (TPSA) is 42.2 Å². The van der Waals surface area contributed by atoms with E-state index in [4.69, 9.17) is 27.6 Å². The van der Waals surface area contributed by atoms with Crippen molar-refractivity contribution in [1.82, 2.24) is 0 Å². The molecule has 0 aliphatic heterocycles. The summed E-state index contributed by atoms with van der Waals surface area (Å²) < 4.78 is 5.52. The standard InChI is InChI=1S/C16H11Cl2NO2/c1-9-2-3-12(18)8-13(9)19-16(20)15-7-10-6-11(17)4-5-14(10)21-15/h2-8H,1H3,(H,19,20). The first kappa shape index (κ1) is 14.0. The third kappa shape index (κ3) is 2.89. The largest absolute Gasteiger partial charge is 0.451 e. The first-order valence-corrected chi connectivity index (χ1v) is 7.05. The third-order valence-corrected chi connectivity index (χ3v) is 3.62. The summed E-state index contributed by atoms with van der Waals surface area (Å²) in [6, 6.07) is 12.2. The monoisotopic (exact) mass is 319 g/mol. The maximum absolute atomic E-state index is 12.3. The molecule has 0 fully saturated rings. The highest BCUT2D eigenvalue weighted by molar-refractivity contribution is 6.31. The van der Waals surface area contributed by atoms with Crippen molar-refractivity contribution in [1.29, 1.82) is 0 Å². The fourth-order valence-electron chi connectivity index (χ4n) is 2.04. The molecular formula is C16H11Cl2NO2. The van der Waals surface area contributed by atoms with Gasteiger partial charge in [-0.2, -0.15) is 0 Å². The second kappa shape index (κ2) is 5.43. The summed E-state index contributed by atoms with van der Waals surface area (Å²) in [5.41, 5.74) is 2.20. The molecule has 3 nitrogen and oxygen atoms in total. The molecule has 1 amide bonds. The minimum Gasteiger partial charge on any atom is -0.451 e. The van der Waals surface area contributed by atoms with E-state index in [9.17, 15) is 4.79 Å². The van der Waals surface area contributed by atoms with Crippen LogP contribution in [0.25, 0.3) is 11.0 Å². The first-order chi connectivity index (χ1) is 10.0. The summed E-state index contributed by atoms with van der Waals surface area (Å²) >= 11 is 11.9. The summed E-state index contributed by atoms with van der Waals surface area (Å²) in [7, 11) is 0. The molecule has 1 N–H and O–H groups in total. The van der Waals surface area contributed by atoms with Gasteiger partial charge in [-0.15, -0.1) is 0 Å². The molecule has 0 unspecified atom stereocenters. The van der Waals surface area contributed by atoms with Crippen LogP contribution >= 0.6 is 23.2 Å². The number of furan rings is 1. The summed E-state index contributed by atoms with van der Waals surface area (Å²) in [5.74, 6) is -0.0978. The Morgan fingerprint density at radius 3 is 2.57 bits per heavy atom. The van der Waals surface area contributed by atoms with E-state index in [1.807, 2.05) is 13.0 Å². The number of hydrogen-bond acceptors (Lipinski definition) is 2. The van der Waals surface area contributed by atoms with E-state index < -0.39 is 0 Å². The van der Waals surface area contributed by atoms with Crippen molar-refractivity contribution < 1.29 is 9.21 Å². The lowest BCUT2D eigenvalue weighted by Crippen LogP contribution is -2.11. The maximum atomic E-state index is 12.3. The van der Waals surface area contributed by atoms with Crippen molar-refractivity contribution in [2.24, 2.45) is 0 Å². The number of halogens is 2. The van der Waals surface area contributed by atoms with Crippen LogP contribution in [0.1, 0.15) is 16.1 Å². The van der Waals surface area contributed by atoms with Crippen molar-refractivity contribution in [3.05, 3.63) is 63.8 Å². The SMILES string of the molecule is Cc1ccc(Cl)cc1NC(=O)c1cc2cc(Cl)ccc2o1. The molecular weight excluding hydrogens is 309 g/mol. The lowest BCUT2D eigenvalue weighted by molar-refractivity contribution is 0.0998. The Hall–Kier alpha value is -1.97. The predicted molar refractivity (Wildman–Crippen MR) is 85.4 cm³/mol. The van der Waals surface area contributed by atoms with Crippen molar-refractivity contribution >= 4 is 45.8 Å². The van der Waals surface area contributed by atoms with Gasteiger partial charge in [-0.3, -0.25) is 4.79 Å². The van der Waals surface area contributed by atoms with Gasteiger partial charge in [0, 0.05) is 21.1 Å². The highest BCUT2D eigenvalue weighted by atomic mass is 35.5. The van der Waals surface area contributed by atoms with Gasteiger partial charge in [0.15, 0.2) is 5.76 Å². The van der Waals surface area contributed by atoms with Gasteiger partial charge in [-0.25, -0.2) is 0 Å². The van der Waals surface area contributed by atoms with Gasteiger partial charge in [0.05, 0.1) is 0 Å². The third-order valence-electron chi connectivity index (χ3n) is 3.15. The van der Waals surface area contributed by atoms with Gasteiger partial charge in [-0.05, 0) is 48.9 Å². The fraction of sp³-hybridized carbons (Fsp3) is 0.0625. The van der Waals surface area contributed by atoms with Crippen molar-refractivity contribution in [2.45, 2.75) is 6.92 Å². The van der Waals surface area contributed by atoms with Crippen LogP contribution in [0.2, 0.25) is 10.0 Å². The lowest BCUT2D eigenvalue weighted by atomic mass is 10.2. The van der Waals surface area contributed by atoms with Crippen LogP contribution in [-0.4, -0.2) is 5.91 Å². The fourth-order valence-corrected chi connectivity index (χ4v) is 2.39. The predicted octanol–water partition coefficient (Wildman–Crippen LogP) is 5.30. The minimum absolute atomic E-state index is 0.228. The molecule has 0 aliphatic rings. The van der Waals surface area contributed by atoms with E-state index in [0.717, 1.165) is 10.9 Å². The number of carbonyl (C=O) groups excluding carboxylic acids is 1. The second-order valence-electron chi connectivity index (χ2n) is 4.71. The van der Waals surface area contributed by atoms with Gasteiger partial charge in [0.1, 0.15) is 5.58 Å². The zero-order valence-electron chi connectivity index (χ0n) is 11.1. The van der Waals surface area contributed by atoms with Crippen molar-refractivity contribution in [3.8, 4) is 0 Å². The molecule has 3 aromatic rings. The van der Waals surface area contributed by atoms with Crippen LogP contribution < -0.4 is 5.32 Å². The molecule has 5 heteroatoms. The Bertz CT molecular complexity index is 839. The minimum atomic E-state index is -0.326. The van der Waals surface area contributed by atoms with E-state index in [1.54, 1.807) is 36.4 Å². The van der Waals surface area contributed by atoms with Crippen LogP contribution in [0, 0.1) is 6.92 Å². The van der Waals surface area contributed by atoms with Gasteiger partial charge in [0.25, 0.3) is 5.91 Å². The number of amides is 1. The quantitative estimate of drug-likeness (QED) is 0.696. The maximum Gasteiger partial charge on any atom is 0.291 e. The highest BCUT2D eigenvalue weighted by Crippen LogP contribution is 2.25. The summed E-state index contributed by atoms with van der Waals surface area (Å²) in [5, 5.41) is 4.74. The van der Waals surface area contributed by atoms with E-state index in [2.05, 4.69) is 5.32 Å². The van der Waals surface area contributed by atoms with E-state index in [-0.39, 0.29) is 11.7 Å².